The van der Waals surface area contributed by atoms with Crippen LogP contribution in [0.15, 0.2) is 206 Å². The van der Waals surface area contributed by atoms with Gasteiger partial charge in [-0.15, -0.1) is 0 Å². The zero-order valence-electron chi connectivity index (χ0n) is 32.7. The van der Waals surface area contributed by atoms with Crippen molar-refractivity contribution in [3.05, 3.63) is 245 Å². The molecule has 0 heterocycles. The van der Waals surface area contributed by atoms with Crippen molar-refractivity contribution in [3.8, 4) is 6.07 Å². The Bertz CT molecular complexity index is 2780. The quantitative estimate of drug-likeness (QED) is 0.0790. The largest absolute Gasteiger partial charge is 0.311 e. The summed E-state index contributed by atoms with van der Waals surface area (Å²) in [5.74, 6) is 0. The molecule has 9 rings (SSSR count). The van der Waals surface area contributed by atoms with E-state index in [1.807, 2.05) is 66.7 Å². The third-order valence-electron chi connectivity index (χ3n) is 10.7. The van der Waals surface area contributed by atoms with Crippen LogP contribution in [-0.4, -0.2) is 0 Å². The molecule has 0 spiro atoms. The van der Waals surface area contributed by atoms with Gasteiger partial charge in [0.25, 0.3) is 0 Å². The van der Waals surface area contributed by atoms with Crippen molar-refractivity contribution >= 4 is 85.7 Å². The van der Waals surface area contributed by atoms with Crippen LogP contribution in [0.1, 0.15) is 27.8 Å². The van der Waals surface area contributed by atoms with E-state index in [1.54, 1.807) is 0 Å². The molecule has 0 unspecified atom stereocenters. The molecule has 0 N–H and O–H groups in total. The van der Waals surface area contributed by atoms with Gasteiger partial charge in [0.1, 0.15) is 6.07 Å². The van der Waals surface area contributed by atoms with Gasteiger partial charge in [-0.3, -0.25) is 0 Å². The number of para-hydroxylation sites is 4. The van der Waals surface area contributed by atoms with E-state index in [0.717, 1.165) is 77.9 Å². The summed E-state index contributed by atoms with van der Waals surface area (Å²) in [6, 6.07) is 72.8. The lowest BCUT2D eigenvalue weighted by Crippen LogP contribution is -2.09. The molecule has 9 aromatic carbocycles. The highest BCUT2D eigenvalue weighted by Gasteiger charge is 2.18. The average molecular weight is 767 g/mol. The molecule has 282 valence electrons. The maximum Gasteiger partial charge on any atom is 0.203 e. The van der Waals surface area contributed by atoms with Gasteiger partial charge >= 0.3 is 0 Å². The molecule has 0 fully saturated rings. The van der Waals surface area contributed by atoms with Gasteiger partial charge in [0.2, 0.25) is 5.69 Å². The fraction of sp³-hybridized carbons (Fsp3) is 0. The molecule has 0 atom stereocenters. The molecule has 4 heteroatoms. The maximum atomic E-state index is 10.7. The van der Waals surface area contributed by atoms with Crippen LogP contribution in [0.3, 0.4) is 0 Å². The molecule has 0 aliphatic heterocycles. The van der Waals surface area contributed by atoms with Crippen molar-refractivity contribution in [2.75, 3.05) is 9.80 Å². The van der Waals surface area contributed by atoms with Crippen molar-refractivity contribution in [2.24, 2.45) is 0 Å². The van der Waals surface area contributed by atoms with E-state index in [0.29, 0.717) is 11.3 Å². The Morgan fingerprint density at radius 2 is 0.750 bits per heavy atom. The number of hydrogen-bond acceptors (Lipinski definition) is 3. The summed E-state index contributed by atoms with van der Waals surface area (Å²) in [4.78, 5) is 8.59. The molecule has 4 nitrogen and oxygen atoms in total. The minimum absolute atomic E-state index is 0.539. The highest BCUT2D eigenvalue weighted by molar-refractivity contribution is 6.19. The minimum Gasteiger partial charge on any atom is -0.311 e. The number of nitriles is 1. The Labute approximate surface area is 350 Å². The highest BCUT2D eigenvalue weighted by Crippen LogP contribution is 2.43. The second kappa shape index (κ2) is 17.0. The van der Waals surface area contributed by atoms with E-state index in [4.69, 9.17) is 6.57 Å². The molecule has 0 bridgehead atoms. The van der Waals surface area contributed by atoms with Crippen molar-refractivity contribution in [1.29, 1.82) is 5.26 Å². The van der Waals surface area contributed by atoms with Crippen LogP contribution in [0.5, 0.6) is 0 Å². The molecular weight excluding hydrogens is 729 g/mol. The van der Waals surface area contributed by atoms with Crippen LogP contribution >= 0.6 is 0 Å². The Morgan fingerprint density at radius 3 is 1.13 bits per heavy atom. The fourth-order valence-electron chi connectivity index (χ4n) is 7.91. The summed E-state index contributed by atoms with van der Waals surface area (Å²) < 4.78 is 0. The number of nitrogens with zero attached hydrogens (tertiary/aromatic N) is 4. The lowest BCUT2D eigenvalue weighted by atomic mass is 9.90. The zero-order chi connectivity index (χ0) is 40.7. The van der Waals surface area contributed by atoms with Gasteiger partial charge in [-0.2, -0.15) is 5.26 Å². The second-order valence-electron chi connectivity index (χ2n) is 14.3. The number of benzene rings is 9. The van der Waals surface area contributed by atoms with Gasteiger partial charge < -0.3 is 9.80 Å². The van der Waals surface area contributed by atoms with Gasteiger partial charge in [-0.1, -0.05) is 158 Å². The predicted molar refractivity (Wildman–Crippen MR) is 253 cm³/mol. The lowest BCUT2D eigenvalue weighted by Gasteiger charge is -2.25. The van der Waals surface area contributed by atoms with Gasteiger partial charge in [0, 0.05) is 34.1 Å². The summed E-state index contributed by atoms with van der Waals surface area (Å²) in [7, 11) is 0. The van der Waals surface area contributed by atoms with E-state index < -0.39 is 0 Å². The molecule has 0 aliphatic carbocycles. The van der Waals surface area contributed by atoms with Crippen LogP contribution < -0.4 is 9.80 Å². The van der Waals surface area contributed by atoms with Gasteiger partial charge in [-0.05, 0) is 117 Å². The molecule has 0 aromatic heterocycles. The number of fused-ring (bicyclic) bond motifs is 2. The summed E-state index contributed by atoms with van der Waals surface area (Å²) in [6.45, 7) is 8.41. The van der Waals surface area contributed by atoms with E-state index in [2.05, 4.69) is 185 Å². The van der Waals surface area contributed by atoms with Gasteiger partial charge in [0.15, 0.2) is 0 Å². The summed E-state index contributed by atoms with van der Waals surface area (Å²) in [6.07, 6.45) is 8.24. The summed E-state index contributed by atoms with van der Waals surface area (Å²) in [5, 5.41) is 13.8. The van der Waals surface area contributed by atoms with Crippen molar-refractivity contribution < 1.29 is 0 Å². The third-order valence-corrected chi connectivity index (χ3v) is 10.7. The number of anilines is 6. The maximum absolute atomic E-state index is 10.7. The minimum atomic E-state index is 0.539. The van der Waals surface area contributed by atoms with E-state index in [9.17, 15) is 5.26 Å². The van der Waals surface area contributed by atoms with Crippen LogP contribution in [-0.2, 0) is 0 Å². The first kappa shape index (κ1) is 37.2. The van der Waals surface area contributed by atoms with Crippen molar-refractivity contribution in [2.45, 2.75) is 0 Å². The first-order chi connectivity index (χ1) is 29.7. The topological polar surface area (TPSA) is 34.6 Å². The van der Waals surface area contributed by atoms with Gasteiger partial charge in [0.05, 0.1) is 12.1 Å². The molecular formula is C56H38N4. The SMILES string of the molecule is [C-]#[N+]c1c2cccc(C=Cc3ccc(N(c4ccccc4)c4ccccc4)cc3)c2c(C#N)c2cccc(C=Cc3ccc(N(c4ccccc4)c4ccccc4)cc3)c12. The van der Waals surface area contributed by atoms with E-state index in [-0.39, 0.29) is 0 Å². The Balaban J connectivity index is 1.04. The van der Waals surface area contributed by atoms with Crippen LogP contribution in [0.2, 0.25) is 0 Å². The highest BCUT2D eigenvalue weighted by atomic mass is 15.1. The smallest absolute Gasteiger partial charge is 0.203 e. The molecule has 9 aromatic rings. The van der Waals surface area contributed by atoms with Crippen LogP contribution in [0, 0.1) is 17.9 Å². The van der Waals surface area contributed by atoms with E-state index in [1.165, 1.54) is 0 Å². The number of hydrogen-bond donors (Lipinski definition) is 0. The Hall–Kier alpha value is -8.44. The van der Waals surface area contributed by atoms with Crippen LogP contribution in [0.4, 0.5) is 39.8 Å². The molecule has 0 radical (unpaired) electrons. The monoisotopic (exact) mass is 766 g/mol. The lowest BCUT2D eigenvalue weighted by molar-refractivity contribution is 1.28. The Kier molecular flexibility index (Phi) is 10.5. The average Bonchev–Trinajstić information content (AvgIpc) is 3.32. The molecule has 0 saturated heterocycles. The molecule has 0 saturated carbocycles. The Morgan fingerprint density at radius 1 is 0.383 bits per heavy atom. The zero-order valence-corrected chi connectivity index (χ0v) is 32.7. The van der Waals surface area contributed by atoms with Crippen LogP contribution in [0.25, 0.3) is 50.7 Å². The molecule has 60 heavy (non-hydrogen) atoms. The summed E-state index contributed by atoms with van der Waals surface area (Å²) >= 11 is 0. The predicted octanol–water partition coefficient (Wildman–Crippen LogP) is 15.7. The van der Waals surface area contributed by atoms with E-state index >= 15 is 0 Å². The molecule has 0 amide bonds. The van der Waals surface area contributed by atoms with Crippen molar-refractivity contribution in [1.82, 2.24) is 0 Å². The third kappa shape index (κ3) is 7.41. The standard InChI is InChI=1S/C56H38N4/c1-58-56-52-27-15-16-43(34-28-41-30-36-49(37-31-41)59(45-18-6-2-7-19-45)46-20-8-3-9-21-46)54(52)53(40-57)51-26-14-17-44(55(51)56)35-29-42-32-38-50(39-33-42)60(47-22-10-4-11-23-47)48-24-12-5-13-25-48/h2-39H. The molecule has 0 aliphatic rings. The summed E-state index contributed by atoms with van der Waals surface area (Å²) in [5.41, 5.74) is 11.3. The number of rotatable bonds is 10. The van der Waals surface area contributed by atoms with Gasteiger partial charge in [-0.25, -0.2) is 4.85 Å². The first-order valence-corrected chi connectivity index (χ1v) is 19.9. The first-order valence-electron chi connectivity index (χ1n) is 19.9. The fourth-order valence-corrected chi connectivity index (χ4v) is 7.91. The normalized spacial score (nSPS) is 11.2. The second-order valence-corrected chi connectivity index (χ2v) is 14.3. The van der Waals surface area contributed by atoms with Crippen molar-refractivity contribution in [3.63, 3.8) is 0 Å².